The summed E-state index contributed by atoms with van der Waals surface area (Å²) in [6.45, 7) is 3.27. The monoisotopic (exact) mass is 216 g/mol. The summed E-state index contributed by atoms with van der Waals surface area (Å²) in [5.74, 6) is 1.42. The van der Waals surface area contributed by atoms with Gasteiger partial charge >= 0.3 is 0 Å². The molecular weight excluding hydrogens is 204 g/mol. The summed E-state index contributed by atoms with van der Waals surface area (Å²) in [5, 5.41) is 0. The van der Waals surface area contributed by atoms with E-state index < -0.39 is 10.2 Å². The minimum atomic E-state index is -3.25. The van der Waals surface area contributed by atoms with E-state index in [1.807, 2.05) is 6.92 Å². The lowest BCUT2D eigenvalue weighted by molar-refractivity contribution is 0.471. The first-order chi connectivity index (χ1) is 6.58. The van der Waals surface area contributed by atoms with E-state index >= 15 is 0 Å². The molecule has 0 radical (unpaired) electrons. The third-order valence-corrected chi connectivity index (χ3v) is 3.53. The number of aryl methyl sites for hydroxylation is 1. The van der Waals surface area contributed by atoms with Gasteiger partial charge in [-0.25, -0.2) is 0 Å². The van der Waals surface area contributed by atoms with Gasteiger partial charge in [0.2, 0.25) is 0 Å². The fourth-order valence-electron chi connectivity index (χ4n) is 1.11. The summed E-state index contributed by atoms with van der Waals surface area (Å²) in [6.07, 6.45) is 0. The molecule has 1 aromatic heterocycles. The van der Waals surface area contributed by atoms with E-state index in [4.69, 9.17) is 4.42 Å². The van der Waals surface area contributed by atoms with Crippen LogP contribution >= 0.6 is 0 Å². The summed E-state index contributed by atoms with van der Waals surface area (Å²) in [4.78, 5) is 0. The maximum absolute atomic E-state index is 11.3. The van der Waals surface area contributed by atoms with Crippen molar-refractivity contribution in [2.75, 3.05) is 13.1 Å². The van der Waals surface area contributed by atoms with Crippen LogP contribution in [0.25, 0.3) is 0 Å². The van der Waals surface area contributed by atoms with E-state index in [0.717, 1.165) is 5.76 Å². The molecule has 1 aliphatic rings. The lowest BCUT2D eigenvalue weighted by Crippen LogP contribution is -2.29. The molecule has 0 atom stereocenters. The van der Waals surface area contributed by atoms with Crippen molar-refractivity contribution in [3.05, 3.63) is 23.7 Å². The third kappa shape index (κ3) is 2.14. The number of nitrogens with one attached hydrogen (secondary N) is 1. The Bertz CT molecular complexity index is 420. The number of hydrogen-bond donors (Lipinski definition) is 1. The Morgan fingerprint density at radius 1 is 1.50 bits per heavy atom. The van der Waals surface area contributed by atoms with E-state index in [9.17, 15) is 8.42 Å². The summed E-state index contributed by atoms with van der Waals surface area (Å²) >= 11 is 0. The van der Waals surface area contributed by atoms with Crippen molar-refractivity contribution in [1.29, 1.82) is 0 Å². The first-order valence-corrected chi connectivity index (χ1v) is 5.82. The van der Waals surface area contributed by atoms with Gasteiger partial charge in [-0.2, -0.15) is 17.4 Å². The highest BCUT2D eigenvalue weighted by Gasteiger charge is 2.31. The second-order valence-corrected chi connectivity index (χ2v) is 4.99. The molecular formula is C8H12N2O3S. The van der Waals surface area contributed by atoms with Crippen LogP contribution in [0.3, 0.4) is 0 Å². The summed E-state index contributed by atoms with van der Waals surface area (Å²) in [7, 11) is -3.25. The lowest BCUT2D eigenvalue weighted by atomic mass is 10.4. The van der Waals surface area contributed by atoms with Crippen LogP contribution in [-0.4, -0.2) is 25.8 Å². The lowest BCUT2D eigenvalue weighted by Gasteiger charge is -2.03. The second kappa shape index (κ2) is 3.38. The summed E-state index contributed by atoms with van der Waals surface area (Å²) in [5.41, 5.74) is 0. The van der Waals surface area contributed by atoms with Gasteiger partial charge < -0.3 is 4.42 Å². The molecule has 0 bridgehead atoms. The van der Waals surface area contributed by atoms with E-state index in [0.29, 0.717) is 18.8 Å². The van der Waals surface area contributed by atoms with Gasteiger partial charge in [0.05, 0.1) is 6.54 Å². The van der Waals surface area contributed by atoms with E-state index in [1.54, 1.807) is 12.1 Å². The van der Waals surface area contributed by atoms with Crippen LogP contribution in [0.1, 0.15) is 11.5 Å². The number of furan rings is 1. The van der Waals surface area contributed by atoms with Crippen molar-refractivity contribution < 1.29 is 12.8 Å². The largest absolute Gasteiger partial charge is 0.465 e. The Kier molecular flexibility index (Phi) is 2.34. The molecule has 0 saturated carbocycles. The Morgan fingerprint density at radius 3 is 2.71 bits per heavy atom. The molecule has 78 valence electrons. The Hall–Kier alpha value is -0.850. The van der Waals surface area contributed by atoms with E-state index in [2.05, 4.69) is 4.72 Å². The van der Waals surface area contributed by atoms with Crippen LogP contribution < -0.4 is 4.72 Å². The molecule has 2 heterocycles. The zero-order chi connectivity index (χ0) is 10.2. The Morgan fingerprint density at radius 2 is 2.21 bits per heavy atom. The predicted molar refractivity (Wildman–Crippen MR) is 50.8 cm³/mol. The summed E-state index contributed by atoms with van der Waals surface area (Å²) < 4.78 is 31.7. The van der Waals surface area contributed by atoms with E-state index in [-0.39, 0.29) is 6.54 Å². The molecule has 0 aliphatic carbocycles. The topological polar surface area (TPSA) is 62.3 Å². The maximum Gasteiger partial charge on any atom is 0.279 e. The minimum Gasteiger partial charge on any atom is -0.465 e. The average Bonchev–Trinajstić information content (AvgIpc) is 2.89. The maximum atomic E-state index is 11.3. The van der Waals surface area contributed by atoms with Gasteiger partial charge in [0.25, 0.3) is 10.2 Å². The zero-order valence-electron chi connectivity index (χ0n) is 7.86. The van der Waals surface area contributed by atoms with E-state index in [1.165, 1.54) is 4.31 Å². The van der Waals surface area contributed by atoms with Gasteiger partial charge in [-0.3, -0.25) is 0 Å². The highest BCUT2D eigenvalue weighted by molar-refractivity contribution is 7.87. The van der Waals surface area contributed by atoms with Crippen LogP contribution in [-0.2, 0) is 16.8 Å². The minimum absolute atomic E-state index is 0.215. The highest BCUT2D eigenvalue weighted by atomic mass is 32.2. The van der Waals surface area contributed by atoms with Crippen LogP contribution in [0.5, 0.6) is 0 Å². The molecule has 1 saturated heterocycles. The molecule has 2 rings (SSSR count). The molecule has 5 nitrogen and oxygen atoms in total. The first kappa shape index (κ1) is 9.70. The quantitative estimate of drug-likeness (QED) is 0.733. The second-order valence-electron chi connectivity index (χ2n) is 3.24. The number of hydrogen-bond acceptors (Lipinski definition) is 3. The van der Waals surface area contributed by atoms with Crippen molar-refractivity contribution in [3.8, 4) is 0 Å². The highest BCUT2D eigenvalue weighted by Crippen LogP contribution is 2.11. The van der Waals surface area contributed by atoms with Gasteiger partial charge in [0, 0.05) is 13.1 Å². The molecule has 0 aromatic carbocycles. The molecule has 0 amide bonds. The zero-order valence-corrected chi connectivity index (χ0v) is 8.67. The molecule has 6 heteroatoms. The van der Waals surface area contributed by atoms with Crippen LogP contribution in [0.4, 0.5) is 0 Å². The Labute approximate surface area is 82.9 Å². The molecule has 0 unspecified atom stereocenters. The predicted octanol–water partition coefficient (Wildman–Crippen LogP) is 0.238. The van der Waals surface area contributed by atoms with Crippen molar-refractivity contribution in [1.82, 2.24) is 9.03 Å². The first-order valence-electron chi connectivity index (χ1n) is 4.38. The molecule has 1 aliphatic heterocycles. The van der Waals surface area contributed by atoms with Gasteiger partial charge in [0.15, 0.2) is 0 Å². The summed E-state index contributed by atoms with van der Waals surface area (Å²) in [6, 6.07) is 3.57. The molecule has 1 N–H and O–H groups in total. The number of rotatable bonds is 4. The fourth-order valence-corrected chi connectivity index (χ4v) is 2.18. The Balaban J connectivity index is 1.94. The SMILES string of the molecule is Cc1ccc(CNS(=O)(=O)N2CC2)o1. The molecule has 1 fully saturated rings. The number of nitrogens with zero attached hydrogens (tertiary/aromatic N) is 1. The van der Waals surface area contributed by atoms with Crippen molar-refractivity contribution in [2.45, 2.75) is 13.5 Å². The standard InChI is InChI=1S/C8H12N2O3S/c1-7-2-3-8(13-7)6-9-14(11,12)10-4-5-10/h2-3,9H,4-6H2,1H3. The average molecular weight is 216 g/mol. The van der Waals surface area contributed by atoms with Crippen LogP contribution in [0.2, 0.25) is 0 Å². The smallest absolute Gasteiger partial charge is 0.279 e. The van der Waals surface area contributed by atoms with Gasteiger partial charge in [0.1, 0.15) is 11.5 Å². The van der Waals surface area contributed by atoms with Crippen LogP contribution in [0, 0.1) is 6.92 Å². The van der Waals surface area contributed by atoms with Crippen LogP contribution in [0.15, 0.2) is 16.5 Å². The van der Waals surface area contributed by atoms with Gasteiger partial charge in [-0.05, 0) is 19.1 Å². The molecule has 14 heavy (non-hydrogen) atoms. The molecule has 0 spiro atoms. The van der Waals surface area contributed by atoms with Gasteiger partial charge in [-0.1, -0.05) is 0 Å². The normalized spacial score (nSPS) is 17.2. The molecule has 1 aromatic rings. The fraction of sp³-hybridized carbons (Fsp3) is 0.500. The van der Waals surface area contributed by atoms with Crippen molar-refractivity contribution >= 4 is 10.2 Å². The third-order valence-electron chi connectivity index (χ3n) is 1.97. The van der Waals surface area contributed by atoms with Crippen molar-refractivity contribution in [3.63, 3.8) is 0 Å². The van der Waals surface area contributed by atoms with Crippen molar-refractivity contribution in [2.24, 2.45) is 0 Å². The van der Waals surface area contributed by atoms with Gasteiger partial charge in [-0.15, -0.1) is 0 Å².